The SMILES string of the molecule is CCOC(=O)Oc1ccc(C(=O)NCc2cccc(NC(=O)c3cnccn3)c2)cc1. The molecule has 0 unspecified atom stereocenters. The number of anilines is 1. The van der Waals surface area contributed by atoms with Crippen LogP contribution in [0, 0.1) is 0 Å². The third kappa shape index (κ3) is 6.36. The van der Waals surface area contributed by atoms with Gasteiger partial charge in [0, 0.05) is 30.2 Å². The molecule has 0 atom stereocenters. The summed E-state index contributed by atoms with van der Waals surface area (Å²) >= 11 is 0. The molecule has 0 saturated carbocycles. The molecule has 158 valence electrons. The number of hydrogen-bond donors (Lipinski definition) is 2. The Labute approximate surface area is 178 Å². The van der Waals surface area contributed by atoms with Gasteiger partial charge >= 0.3 is 6.16 Å². The molecular weight excluding hydrogens is 400 g/mol. The predicted molar refractivity (Wildman–Crippen MR) is 112 cm³/mol. The van der Waals surface area contributed by atoms with Gasteiger partial charge in [0.1, 0.15) is 11.4 Å². The van der Waals surface area contributed by atoms with Crippen molar-refractivity contribution in [3.63, 3.8) is 0 Å². The molecule has 0 radical (unpaired) electrons. The Kier molecular flexibility index (Phi) is 7.26. The fourth-order valence-corrected chi connectivity index (χ4v) is 2.57. The standard InChI is InChI=1S/C22H20N4O5/c1-2-30-22(29)31-18-8-6-16(7-9-18)20(27)25-13-15-4-3-5-17(12-15)26-21(28)19-14-23-10-11-24-19/h3-12,14H,2,13H2,1H3,(H,25,27)(H,26,28). The second-order valence-electron chi connectivity index (χ2n) is 6.24. The Morgan fingerprint density at radius 3 is 2.52 bits per heavy atom. The second kappa shape index (κ2) is 10.5. The van der Waals surface area contributed by atoms with Crippen LogP contribution in [0.4, 0.5) is 10.5 Å². The van der Waals surface area contributed by atoms with Crippen LogP contribution in [0.1, 0.15) is 33.3 Å². The van der Waals surface area contributed by atoms with Crippen molar-refractivity contribution >= 4 is 23.7 Å². The van der Waals surface area contributed by atoms with E-state index in [1.165, 1.54) is 30.7 Å². The van der Waals surface area contributed by atoms with Crippen LogP contribution in [0.25, 0.3) is 0 Å². The molecule has 9 heteroatoms. The van der Waals surface area contributed by atoms with Crippen LogP contribution in [0.2, 0.25) is 0 Å². The number of ether oxygens (including phenoxy) is 2. The lowest BCUT2D eigenvalue weighted by atomic mass is 10.1. The van der Waals surface area contributed by atoms with E-state index in [-0.39, 0.29) is 36.4 Å². The maximum atomic E-state index is 12.4. The first-order chi connectivity index (χ1) is 15.0. The van der Waals surface area contributed by atoms with Gasteiger partial charge in [0.2, 0.25) is 0 Å². The first-order valence-corrected chi connectivity index (χ1v) is 9.44. The highest BCUT2D eigenvalue weighted by Gasteiger charge is 2.10. The lowest BCUT2D eigenvalue weighted by Crippen LogP contribution is -2.23. The van der Waals surface area contributed by atoms with Crippen LogP contribution in [0.5, 0.6) is 5.75 Å². The molecule has 2 N–H and O–H groups in total. The molecule has 0 aliphatic carbocycles. The minimum atomic E-state index is -0.800. The summed E-state index contributed by atoms with van der Waals surface area (Å²) in [6.07, 6.45) is 3.51. The van der Waals surface area contributed by atoms with Gasteiger partial charge in [-0.05, 0) is 48.9 Å². The average molecular weight is 420 g/mol. The van der Waals surface area contributed by atoms with Crippen molar-refractivity contribution in [2.24, 2.45) is 0 Å². The second-order valence-corrected chi connectivity index (χ2v) is 6.24. The molecule has 0 aliphatic rings. The zero-order valence-corrected chi connectivity index (χ0v) is 16.7. The van der Waals surface area contributed by atoms with Crippen molar-refractivity contribution in [3.8, 4) is 5.75 Å². The summed E-state index contributed by atoms with van der Waals surface area (Å²) in [4.78, 5) is 43.7. The normalized spacial score (nSPS) is 10.1. The van der Waals surface area contributed by atoms with Gasteiger partial charge in [0.05, 0.1) is 12.8 Å². The van der Waals surface area contributed by atoms with E-state index < -0.39 is 6.16 Å². The summed E-state index contributed by atoms with van der Waals surface area (Å²) in [5.41, 5.74) is 1.98. The number of carbonyl (C=O) groups excluding carboxylic acids is 3. The Morgan fingerprint density at radius 1 is 1.00 bits per heavy atom. The minimum absolute atomic E-state index is 0.205. The largest absolute Gasteiger partial charge is 0.513 e. The van der Waals surface area contributed by atoms with E-state index in [0.29, 0.717) is 11.3 Å². The molecule has 1 heterocycles. The molecule has 31 heavy (non-hydrogen) atoms. The molecule has 0 bridgehead atoms. The van der Waals surface area contributed by atoms with E-state index in [0.717, 1.165) is 5.56 Å². The highest BCUT2D eigenvalue weighted by atomic mass is 16.7. The smallest absolute Gasteiger partial charge is 0.434 e. The molecular formula is C22H20N4O5. The Balaban J connectivity index is 1.55. The number of aromatic nitrogens is 2. The van der Waals surface area contributed by atoms with Crippen molar-refractivity contribution in [1.82, 2.24) is 15.3 Å². The molecule has 0 spiro atoms. The number of benzene rings is 2. The maximum absolute atomic E-state index is 12.4. The quantitative estimate of drug-likeness (QED) is 0.445. The number of rotatable bonds is 7. The van der Waals surface area contributed by atoms with Gasteiger partial charge in [0.15, 0.2) is 0 Å². The number of nitrogens with one attached hydrogen (secondary N) is 2. The van der Waals surface area contributed by atoms with E-state index >= 15 is 0 Å². The van der Waals surface area contributed by atoms with Gasteiger partial charge in [-0.25, -0.2) is 9.78 Å². The summed E-state index contributed by atoms with van der Waals surface area (Å²) in [6.45, 7) is 2.15. The van der Waals surface area contributed by atoms with Crippen molar-refractivity contribution < 1.29 is 23.9 Å². The minimum Gasteiger partial charge on any atom is -0.434 e. The lowest BCUT2D eigenvalue weighted by molar-refractivity contribution is 0.0949. The van der Waals surface area contributed by atoms with Gasteiger partial charge < -0.3 is 20.1 Å². The summed E-state index contributed by atoms with van der Waals surface area (Å²) < 4.78 is 9.66. The van der Waals surface area contributed by atoms with Crippen LogP contribution in [0.15, 0.2) is 67.1 Å². The fourth-order valence-electron chi connectivity index (χ4n) is 2.57. The van der Waals surface area contributed by atoms with Crippen LogP contribution >= 0.6 is 0 Å². The van der Waals surface area contributed by atoms with E-state index in [1.54, 1.807) is 37.3 Å². The van der Waals surface area contributed by atoms with Gasteiger partial charge in [-0.15, -0.1) is 0 Å². The average Bonchev–Trinajstić information content (AvgIpc) is 2.79. The van der Waals surface area contributed by atoms with Gasteiger partial charge in [-0.3, -0.25) is 14.6 Å². The van der Waals surface area contributed by atoms with E-state index in [9.17, 15) is 14.4 Å². The van der Waals surface area contributed by atoms with Gasteiger partial charge in [0.25, 0.3) is 11.8 Å². The molecule has 2 aromatic carbocycles. The monoisotopic (exact) mass is 420 g/mol. The van der Waals surface area contributed by atoms with Crippen molar-refractivity contribution in [2.45, 2.75) is 13.5 Å². The van der Waals surface area contributed by atoms with E-state index in [1.807, 2.05) is 6.07 Å². The fraction of sp³-hybridized carbons (Fsp3) is 0.136. The molecule has 3 aromatic rings. The first-order valence-electron chi connectivity index (χ1n) is 9.44. The predicted octanol–water partition coefficient (Wildman–Crippen LogP) is 3.19. The van der Waals surface area contributed by atoms with Crippen LogP contribution < -0.4 is 15.4 Å². The molecule has 3 rings (SSSR count). The van der Waals surface area contributed by atoms with Crippen LogP contribution in [-0.4, -0.2) is 34.5 Å². The molecule has 0 saturated heterocycles. The van der Waals surface area contributed by atoms with Crippen molar-refractivity contribution in [1.29, 1.82) is 0 Å². The zero-order chi connectivity index (χ0) is 22.1. The van der Waals surface area contributed by atoms with Crippen LogP contribution in [0.3, 0.4) is 0 Å². The van der Waals surface area contributed by atoms with E-state index in [2.05, 4.69) is 20.6 Å². The summed E-state index contributed by atoms with van der Waals surface area (Å²) in [5, 5.41) is 5.54. The van der Waals surface area contributed by atoms with Gasteiger partial charge in [-0.2, -0.15) is 0 Å². The third-order valence-electron chi connectivity index (χ3n) is 4.01. The number of hydrogen-bond acceptors (Lipinski definition) is 7. The molecule has 9 nitrogen and oxygen atoms in total. The highest BCUT2D eigenvalue weighted by molar-refractivity contribution is 6.02. The molecule has 1 aromatic heterocycles. The molecule has 2 amide bonds. The first kappa shape index (κ1) is 21.4. The van der Waals surface area contributed by atoms with Crippen molar-refractivity contribution in [2.75, 3.05) is 11.9 Å². The summed E-state index contributed by atoms with van der Waals surface area (Å²) in [7, 11) is 0. The number of amides is 2. The maximum Gasteiger partial charge on any atom is 0.513 e. The molecule has 0 fully saturated rings. The zero-order valence-electron chi connectivity index (χ0n) is 16.7. The third-order valence-corrected chi connectivity index (χ3v) is 4.01. The lowest BCUT2D eigenvalue weighted by Gasteiger charge is -2.09. The van der Waals surface area contributed by atoms with Crippen molar-refractivity contribution in [3.05, 3.63) is 83.9 Å². The van der Waals surface area contributed by atoms with Gasteiger partial charge in [-0.1, -0.05) is 12.1 Å². The molecule has 0 aliphatic heterocycles. The Morgan fingerprint density at radius 2 is 1.81 bits per heavy atom. The van der Waals surface area contributed by atoms with E-state index in [4.69, 9.17) is 9.47 Å². The number of nitrogens with zero attached hydrogens (tertiary/aromatic N) is 2. The topological polar surface area (TPSA) is 120 Å². The Hall–Kier alpha value is -4.27. The summed E-state index contributed by atoms with van der Waals surface area (Å²) in [6, 6.07) is 13.2. The van der Waals surface area contributed by atoms with Crippen LogP contribution in [-0.2, 0) is 11.3 Å². The summed E-state index contributed by atoms with van der Waals surface area (Å²) in [5.74, 6) is -0.391. The Bertz CT molecular complexity index is 1060. The highest BCUT2D eigenvalue weighted by Crippen LogP contribution is 2.14. The number of carbonyl (C=O) groups is 3.